The number of nitrogens with zero attached hydrogens (tertiary/aromatic N) is 3. The van der Waals surface area contributed by atoms with Gasteiger partial charge in [0.05, 0.1) is 0 Å². The van der Waals surface area contributed by atoms with E-state index in [0.29, 0.717) is 13.1 Å². The van der Waals surface area contributed by atoms with Crippen LogP contribution in [-0.2, 0) is 4.79 Å². The maximum atomic E-state index is 11.7. The van der Waals surface area contributed by atoms with Gasteiger partial charge in [0.25, 0.3) is 0 Å². The van der Waals surface area contributed by atoms with Crippen LogP contribution in [0.4, 0.5) is 5.82 Å². The lowest BCUT2D eigenvalue weighted by Crippen LogP contribution is -2.50. The van der Waals surface area contributed by atoms with Gasteiger partial charge in [-0.1, -0.05) is 0 Å². The molecule has 1 unspecified atom stereocenters. The highest BCUT2D eigenvalue weighted by molar-refractivity contribution is 9.10. The first-order valence-electron chi connectivity index (χ1n) is 5.87. The smallest absolute Gasteiger partial charge is 0.240 e. The van der Waals surface area contributed by atoms with E-state index in [9.17, 15) is 4.79 Å². The number of pyridine rings is 1. The van der Waals surface area contributed by atoms with E-state index < -0.39 is 5.38 Å². The van der Waals surface area contributed by atoms with Crippen molar-refractivity contribution in [1.29, 1.82) is 0 Å². The Labute approximate surface area is 120 Å². The number of rotatable bonds is 2. The number of anilines is 1. The van der Waals surface area contributed by atoms with E-state index in [2.05, 4.69) is 25.8 Å². The zero-order valence-corrected chi connectivity index (χ0v) is 12.5. The van der Waals surface area contributed by atoms with E-state index in [1.54, 1.807) is 13.1 Å². The van der Waals surface area contributed by atoms with Gasteiger partial charge in [-0.05, 0) is 35.0 Å². The summed E-state index contributed by atoms with van der Waals surface area (Å²) in [7, 11) is 0. The van der Waals surface area contributed by atoms with Crippen LogP contribution in [0.3, 0.4) is 0 Å². The monoisotopic (exact) mass is 331 g/mol. The maximum Gasteiger partial charge on any atom is 0.240 e. The third kappa shape index (κ3) is 3.14. The molecule has 1 aliphatic rings. The van der Waals surface area contributed by atoms with Crippen molar-refractivity contribution in [3.63, 3.8) is 0 Å². The Hall–Kier alpha value is -0.810. The number of carbonyl (C=O) groups excluding carboxylic acids is 1. The molecular weight excluding hydrogens is 318 g/mol. The molecule has 0 aromatic carbocycles. The highest BCUT2D eigenvalue weighted by Gasteiger charge is 2.24. The van der Waals surface area contributed by atoms with Crippen molar-refractivity contribution in [1.82, 2.24) is 9.88 Å². The average molecular weight is 333 g/mol. The highest BCUT2D eigenvalue weighted by atomic mass is 79.9. The molecule has 1 fully saturated rings. The van der Waals surface area contributed by atoms with Gasteiger partial charge in [0.15, 0.2) is 0 Å². The number of halogens is 2. The van der Waals surface area contributed by atoms with Crippen LogP contribution < -0.4 is 4.90 Å². The number of carbonyl (C=O) groups is 1. The zero-order chi connectivity index (χ0) is 13.1. The predicted octanol–water partition coefficient (Wildman–Crippen LogP) is 2.12. The highest BCUT2D eigenvalue weighted by Crippen LogP contribution is 2.17. The molecule has 1 aromatic rings. The van der Waals surface area contributed by atoms with Crippen molar-refractivity contribution < 1.29 is 4.79 Å². The van der Waals surface area contributed by atoms with Gasteiger partial charge in [0.2, 0.25) is 5.91 Å². The van der Waals surface area contributed by atoms with Gasteiger partial charge in [-0.3, -0.25) is 4.79 Å². The van der Waals surface area contributed by atoms with Gasteiger partial charge in [-0.2, -0.15) is 0 Å². The summed E-state index contributed by atoms with van der Waals surface area (Å²) in [5.41, 5.74) is 0. The number of amides is 1. The normalized spacial score (nSPS) is 17.7. The third-order valence-electron chi connectivity index (χ3n) is 2.97. The lowest BCUT2D eigenvalue weighted by Gasteiger charge is -2.35. The Morgan fingerprint density at radius 3 is 2.56 bits per heavy atom. The fraction of sp³-hybridized carbons (Fsp3) is 0.500. The van der Waals surface area contributed by atoms with E-state index in [0.717, 1.165) is 23.4 Å². The predicted molar refractivity (Wildman–Crippen MR) is 76.0 cm³/mol. The molecule has 4 nitrogen and oxygen atoms in total. The molecule has 0 saturated carbocycles. The summed E-state index contributed by atoms with van der Waals surface area (Å²) in [4.78, 5) is 20.1. The van der Waals surface area contributed by atoms with Crippen molar-refractivity contribution in [2.45, 2.75) is 12.3 Å². The van der Waals surface area contributed by atoms with Crippen LogP contribution in [-0.4, -0.2) is 47.3 Å². The average Bonchev–Trinajstić information content (AvgIpc) is 2.39. The maximum absolute atomic E-state index is 11.7. The molecule has 1 atom stereocenters. The summed E-state index contributed by atoms with van der Waals surface area (Å²) in [5.74, 6) is 0.962. The molecule has 0 bridgehead atoms. The summed E-state index contributed by atoms with van der Waals surface area (Å²) in [6, 6.07) is 3.95. The van der Waals surface area contributed by atoms with Crippen LogP contribution in [0.5, 0.6) is 0 Å². The SMILES string of the molecule is CC(Cl)C(=O)N1CCN(c2ccc(Br)cn2)CC1. The van der Waals surface area contributed by atoms with Crippen LogP contribution in [0.15, 0.2) is 22.8 Å². The van der Waals surface area contributed by atoms with Crippen LogP contribution in [0, 0.1) is 0 Å². The molecular formula is C12H15BrClN3O. The number of hydrogen-bond donors (Lipinski definition) is 0. The first kappa shape index (κ1) is 13.6. The largest absolute Gasteiger partial charge is 0.353 e. The van der Waals surface area contributed by atoms with Gasteiger partial charge in [-0.15, -0.1) is 11.6 Å². The Morgan fingerprint density at radius 2 is 2.06 bits per heavy atom. The number of aromatic nitrogens is 1. The zero-order valence-electron chi connectivity index (χ0n) is 10.1. The molecule has 0 aliphatic carbocycles. The van der Waals surface area contributed by atoms with Crippen LogP contribution in [0.2, 0.25) is 0 Å². The van der Waals surface area contributed by atoms with Gasteiger partial charge in [-0.25, -0.2) is 4.98 Å². The van der Waals surface area contributed by atoms with Gasteiger partial charge in [0, 0.05) is 36.8 Å². The Kier molecular flexibility index (Phi) is 4.45. The summed E-state index contributed by atoms with van der Waals surface area (Å²) in [6.45, 7) is 4.71. The van der Waals surface area contributed by atoms with E-state index in [1.807, 2.05) is 17.0 Å². The van der Waals surface area contributed by atoms with Crippen molar-refractivity contribution in [2.75, 3.05) is 31.1 Å². The minimum absolute atomic E-state index is 0.0140. The number of alkyl halides is 1. The standard InChI is InChI=1S/C12H15BrClN3O/c1-9(14)12(18)17-6-4-16(5-7-17)11-3-2-10(13)8-15-11/h2-3,8-9H,4-7H2,1H3. The van der Waals surface area contributed by atoms with Gasteiger partial charge in [0.1, 0.15) is 11.2 Å². The minimum atomic E-state index is -0.442. The molecule has 1 aliphatic heterocycles. The summed E-state index contributed by atoms with van der Waals surface area (Å²) in [5, 5.41) is -0.442. The summed E-state index contributed by atoms with van der Waals surface area (Å²) < 4.78 is 0.969. The molecule has 2 heterocycles. The molecule has 0 spiro atoms. The van der Waals surface area contributed by atoms with Crippen LogP contribution >= 0.6 is 27.5 Å². The van der Waals surface area contributed by atoms with Crippen molar-refractivity contribution in [2.24, 2.45) is 0 Å². The molecule has 0 N–H and O–H groups in total. The molecule has 98 valence electrons. The minimum Gasteiger partial charge on any atom is -0.353 e. The van der Waals surface area contributed by atoms with Crippen molar-refractivity contribution in [3.05, 3.63) is 22.8 Å². The lowest BCUT2D eigenvalue weighted by atomic mass is 10.2. The van der Waals surface area contributed by atoms with E-state index in [4.69, 9.17) is 11.6 Å². The summed E-state index contributed by atoms with van der Waals surface area (Å²) >= 11 is 9.18. The topological polar surface area (TPSA) is 36.4 Å². The Morgan fingerprint density at radius 1 is 1.39 bits per heavy atom. The molecule has 2 rings (SSSR count). The number of piperazine rings is 1. The van der Waals surface area contributed by atoms with Gasteiger partial charge < -0.3 is 9.80 Å². The van der Waals surface area contributed by atoms with E-state index >= 15 is 0 Å². The lowest BCUT2D eigenvalue weighted by molar-refractivity contribution is -0.130. The number of hydrogen-bond acceptors (Lipinski definition) is 3. The molecule has 1 amide bonds. The van der Waals surface area contributed by atoms with Crippen molar-refractivity contribution in [3.8, 4) is 0 Å². The Bertz CT molecular complexity index is 416. The van der Waals surface area contributed by atoms with E-state index in [-0.39, 0.29) is 5.91 Å². The third-order valence-corrected chi connectivity index (χ3v) is 3.62. The first-order valence-corrected chi connectivity index (χ1v) is 7.10. The first-order chi connectivity index (χ1) is 8.58. The fourth-order valence-electron chi connectivity index (χ4n) is 1.96. The quantitative estimate of drug-likeness (QED) is 0.778. The molecule has 18 heavy (non-hydrogen) atoms. The van der Waals surface area contributed by atoms with Crippen LogP contribution in [0.1, 0.15) is 6.92 Å². The van der Waals surface area contributed by atoms with Crippen molar-refractivity contribution >= 4 is 39.3 Å². The molecule has 0 radical (unpaired) electrons. The summed E-state index contributed by atoms with van der Waals surface area (Å²) in [6.07, 6.45) is 1.79. The second-order valence-corrected chi connectivity index (χ2v) is 5.83. The fourth-order valence-corrected chi connectivity index (χ4v) is 2.34. The van der Waals surface area contributed by atoms with Gasteiger partial charge >= 0.3 is 0 Å². The molecule has 6 heteroatoms. The Balaban J connectivity index is 1.94. The molecule has 1 saturated heterocycles. The van der Waals surface area contributed by atoms with Crippen LogP contribution in [0.25, 0.3) is 0 Å². The molecule has 1 aromatic heterocycles. The van der Waals surface area contributed by atoms with E-state index in [1.165, 1.54) is 0 Å². The second-order valence-electron chi connectivity index (χ2n) is 4.26. The second kappa shape index (κ2) is 5.89.